The number of piperazine rings is 1. The summed E-state index contributed by atoms with van der Waals surface area (Å²) < 4.78 is 1.64. The fourth-order valence-electron chi connectivity index (χ4n) is 2.45. The Bertz CT molecular complexity index is 440. The normalized spacial score (nSPS) is 17.5. The zero-order valence-corrected chi connectivity index (χ0v) is 12.1. The fourth-order valence-corrected chi connectivity index (χ4v) is 2.45. The molecule has 0 spiro atoms. The van der Waals surface area contributed by atoms with E-state index >= 15 is 0 Å². The molecule has 20 heavy (non-hydrogen) atoms. The molecule has 0 unspecified atom stereocenters. The van der Waals surface area contributed by atoms with Gasteiger partial charge in [0.2, 0.25) is 5.91 Å². The van der Waals surface area contributed by atoms with Gasteiger partial charge in [-0.2, -0.15) is 0 Å². The van der Waals surface area contributed by atoms with Crippen molar-refractivity contribution in [2.24, 2.45) is 5.92 Å². The number of hydrogen-bond donors (Lipinski definition) is 2. The van der Waals surface area contributed by atoms with Gasteiger partial charge in [-0.1, -0.05) is 19.1 Å². The number of nitrogens with zero attached hydrogens (tertiary/aromatic N) is 4. The van der Waals surface area contributed by atoms with Crippen molar-refractivity contribution in [3.8, 4) is 0 Å². The monoisotopic (exact) mass is 281 g/mol. The highest BCUT2D eigenvalue weighted by Gasteiger charge is 2.30. The van der Waals surface area contributed by atoms with Crippen molar-refractivity contribution < 1.29 is 9.90 Å². The van der Waals surface area contributed by atoms with Gasteiger partial charge in [0.15, 0.2) is 0 Å². The van der Waals surface area contributed by atoms with E-state index in [1.165, 1.54) is 0 Å². The molecule has 2 rings (SSSR count). The van der Waals surface area contributed by atoms with Gasteiger partial charge in [0, 0.05) is 45.4 Å². The summed E-state index contributed by atoms with van der Waals surface area (Å²) in [6, 6.07) is -0.326. The summed E-state index contributed by atoms with van der Waals surface area (Å²) in [5.41, 5.74) is 0.714. The van der Waals surface area contributed by atoms with E-state index in [4.69, 9.17) is 5.11 Å². The fraction of sp³-hybridized carbons (Fsp3) is 0.769. The van der Waals surface area contributed by atoms with E-state index in [1.807, 2.05) is 18.7 Å². The van der Waals surface area contributed by atoms with E-state index in [2.05, 4.69) is 15.6 Å². The Morgan fingerprint density at radius 3 is 2.75 bits per heavy atom. The minimum atomic E-state index is -0.326. The zero-order chi connectivity index (χ0) is 14.5. The van der Waals surface area contributed by atoms with E-state index in [0.717, 1.165) is 26.2 Å². The van der Waals surface area contributed by atoms with Crippen LogP contribution in [0.15, 0.2) is 6.20 Å². The second kappa shape index (κ2) is 6.81. The van der Waals surface area contributed by atoms with Gasteiger partial charge in [-0.25, -0.2) is 4.68 Å². The Morgan fingerprint density at radius 1 is 1.45 bits per heavy atom. The first-order valence-corrected chi connectivity index (χ1v) is 7.14. The van der Waals surface area contributed by atoms with Crippen molar-refractivity contribution in [1.82, 2.24) is 25.2 Å². The maximum Gasteiger partial charge on any atom is 0.247 e. The highest BCUT2D eigenvalue weighted by Crippen LogP contribution is 2.20. The van der Waals surface area contributed by atoms with Crippen LogP contribution in [0, 0.1) is 5.92 Å². The molecule has 2 N–H and O–H groups in total. The molecule has 0 saturated carbocycles. The molecule has 1 fully saturated rings. The highest BCUT2D eigenvalue weighted by atomic mass is 16.3. The van der Waals surface area contributed by atoms with Crippen LogP contribution in [0.2, 0.25) is 0 Å². The number of aliphatic hydroxyl groups is 1. The van der Waals surface area contributed by atoms with Crippen LogP contribution < -0.4 is 5.32 Å². The molecule has 0 aliphatic carbocycles. The van der Waals surface area contributed by atoms with Gasteiger partial charge >= 0.3 is 0 Å². The van der Waals surface area contributed by atoms with Crippen LogP contribution in [0.25, 0.3) is 0 Å². The largest absolute Gasteiger partial charge is 0.396 e. The van der Waals surface area contributed by atoms with Crippen LogP contribution in [0.5, 0.6) is 0 Å². The Labute approximate surface area is 119 Å². The summed E-state index contributed by atoms with van der Waals surface area (Å²) in [5, 5.41) is 20.2. The summed E-state index contributed by atoms with van der Waals surface area (Å²) in [4.78, 5) is 14.6. The van der Waals surface area contributed by atoms with Crippen molar-refractivity contribution in [3.05, 3.63) is 11.9 Å². The Hall–Kier alpha value is -1.47. The molecule has 7 heteroatoms. The molecule has 7 nitrogen and oxygen atoms in total. The summed E-state index contributed by atoms with van der Waals surface area (Å²) in [5.74, 6) is 0.239. The second-order valence-corrected chi connectivity index (χ2v) is 5.43. The van der Waals surface area contributed by atoms with Gasteiger partial charge in [-0.3, -0.25) is 4.79 Å². The standard InChI is InChI=1S/C13H23N5O2/c1-10(2)12(13(20)17-6-4-14-5-7-17)18-9-11(3-8-19)15-16-18/h9-10,12,14,19H,3-8H2,1-2H3/t12-/m0/s1. The molecule has 1 amide bonds. The van der Waals surface area contributed by atoms with Crippen molar-refractivity contribution in [1.29, 1.82) is 0 Å². The van der Waals surface area contributed by atoms with Gasteiger partial charge in [0.05, 0.1) is 5.69 Å². The lowest BCUT2D eigenvalue weighted by atomic mass is 10.0. The number of carbonyl (C=O) groups excluding carboxylic acids is 1. The number of rotatable bonds is 5. The smallest absolute Gasteiger partial charge is 0.247 e. The molecule has 1 atom stereocenters. The third kappa shape index (κ3) is 3.34. The van der Waals surface area contributed by atoms with Gasteiger partial charge in [0.1, 0.15) is 6.04 Å². The molecule has 1 aliphatic heterocycles. The first-order chi connectivity index (χ1) is 9.63. The van der Waals surface area contributed by atoms with Gasteiger partial charge in [-0.15, -0.1) is 5.10 Å². The molecular weight excluding hydrogens is 258 g/mol. The summed E-state index contributed by atoms with van der Waals surface area (Å²) >= 11 is 0. The highest BCUT2D eigenvalue weighted by molar-refractivity contribution is 5.80. The quantitative estimate of drug-likeness (QED) is 0.756. The molecule has 0 aromatic carbocycles. The molecule has 1 aliphatic rings. The number of aromatic nitrogens is 3. The molecular formula is C13H23N5O2. The predicted molar refractivity (Wildman–Crippen MR) is 74.1 cm³/mol. The first kappa shape index (κ1) is 14.9. The molecule has 2 heterocycles. The maximum absolute atomic E-state index is 12.7. The minimum absolute atomic E-state index is 0.0385. The summed E-state index contributed by atoms with van der Waals surface area (Å²) in [6.45, 7) is 7.21. The first-order valence-electron chi connectivity index (χ1n) is 7.14. The lowest BCUT2D eigenvalue weighted by Gasteiger charge is -2.32. The maximum atomic E-state index is 12.7. The number of nitrogens with one attached hydrogen (secondary N) is 1. The van der Waals surface area contributed by atoms with Crippen molar-refractivity contribution in [3.63, 3.8) is 0 Å². The summed E-state index contributed by atoms with van der Waals surface area (Å²) in [7, 11) is 0. The number of amides is 1. The van der Waals surface area contributed by atoms with Crippen LogP contribution in [0.4, 0.5) is 0 Å². The average molecular weight is 281 g/mol. The molecule has 0 radical (unpaired) electrons. The van der Waals surface area contributed by atoms with Gasteiger partial charge in [0.25, 0.3) is 0 Å². The third-order valence-corrected chi connectivity index (χ3v) is 3.52. The minimum Gasteiger partial charge on any atom is -0.396 e. The lowest BCUT2D eigenvalue weighted by Crippen LogP contribution is -2.49. The van der Waals surface area contributed by atoms with Crippen LogP contribution in [-0.4, -0.2) is 63.7 Å². The Balaban J connectivity index is 2.14. The lowest BCUT2D eigenvalue weighted by molar-refractivity contribution is -0.137. The van der Waals surface area contributed by atoms with Crippen LogP contribution in [0.1, 0.15) is 25.6 Å². The van der Waals surface area contributed by atoms with Crippen molar-refractivity contribution in [2.45, 2.75) is 26.3 Å². The van der Waals surface area contributed by atoms with E-state index in [9.17, 15) is 4.79 Å². The number of hydrogen-bond acceptors (Lipinski definition) is 5. The van der Waals surface area contributed by atoms with Gasteiger partial charge in [-0.05, 0) is 5.92 Å². The predicted octanol–water partition coefficient (Wildman–Crippen LogP) is -0.558. The third-order valence-electron chi connectivity index (χ3n) is 3.52. The van der Waals surface area contributed by atoms with Crippen LogP contribution in [0.3, 0.4) is 0 Å². The average Bonchev–Trinajstić information content (AvgIpc) is 2.88. The van der Waals surface area contributed by atoms with Crippen molar-refractivity contribution >= 4 is 5.91 Å². The van der Waals surface area contributed by atoms with Crippen molar-refractivity contribution in [2.75, 3.05) is 32.8 Å². The van der Waals surface area contributed by atoms with Crippen LogP contribution >= 0.6 is 0 Å². The topological polar surface area (TPSA) is 83.3 Å². The van der Waals surface area contributed by atoms with Crippen LogP contribution in [-0.2, 0) is 11.2 Å². The number of carbonyl (C=O) groups is 1. The van der Waals surface area contributed by atoms with Gasteiger partial charge < -0.3 is 15.3 Å². The molecule has 112 valence electrons. The van der Waals surface area contributed by atoms with E-state index in [1.54, 1.807) is 10.9 Å². The molecule has 1 aromatic heterocycles. The molecule has 1 saturated heterocycles. The number of aliphatic hydroxyl groups excluding tert-OH is 1. The van der Waals surface area contributed by atoms with E-state index in [0.29, 0.717) is 12.1 Å². The SMILES string of the molecule is CC(C)[C@@H](C(=O)N1CCNCC1)n1cc(CCO)nn1. The van der Waals surface area contributed by atoms with E-state index < -0.39 is 0 Å². The molecule has 1 aromatic rings. The Morgan fingerprint density at radius 2 is 2.15 bits per heavy atom. The summed E-state index contributed by atoms with van der Waals surface area (Å²) in [6.07, 6.45) is 2.23. The molecule has 0 bridgehead atoms. The zero-order valence-electron chi connectivity index (χ0n) is 12.1. The Kier molecular flexibility index (Phi) is 5.08. The second-order valence-electron chi connectivity index (χ2n) is 5.43. The van der Waals surface area contributed by atoms with E-state index in [-0.39, 0.29) is 24.5 Å².